The van der Waals surface area contributed by atoms with Gasteiger partial charge in [-0.2, -0.15) is 0 Å². The summed E-state index contributed by atoms with van der Waals surface area (Å²) in [4.78, 5) is 13.2. The van der Waals surface area contributed by atoms with Gasteiger partial charge in [-0.1, -0.05) is 12.1 Å². The zero-order chi connectivity index (χ0) is 15.7. The number of hydrogen-bond acceptors (Lipinski definition) is 6. The van der Waals surface area contributed by atoms with E-state index in [4.69, 9.17) is 14.9 Å². The molecule has 118 valence electrons. The fourth-order valence-corrected chi connectivity index (χ4v) is 2.00. The van der Waals surface area contributed by atoms with Crippen LogP contribution in [-0.2, 0) is 0 Å². The monoisotopic (exact) mass is 297 g/mol. The van der Waals surface area contributed by atoms with Gasteiger partial charge in [-0.15, -0.1) is 0 Å². The number of rotatable bonds is 10. The average Bonchev–Trinajstić information content (AvgIpc) is 2.46. The maximum atomic E-state index is 11.5. The SMILES string of the molecule is CC(=O)c1ccccc1OC[C@@H](O)CN(CCO)CCO. The summed E-state index contributed by atoms with van der Waals surface area (Å²) in [5, 5.41) is 27.8. The van der Waals surface area contributed by atoms with Crippen molar-refractivity contribution in [3.05, 3.63) is 29.8 Å². The van der Waals surface area contributed by atoms with Crippen LogP contribution in [0.5, 0.6) is 5.75 Å². The second kappa shape index (κ2) is 9.46. The Kier molecular flexibility index (Phi) is 7.92. The number of ether oxygens (including phenoxy) is 1. The van der Waals surface area contributed by atoms with E-state index in [0.29, 0.717) is 24.4 Å². The molecule has 0 heterocycles. The molecule has 6 nitrogen and oxygen atoms in total. The van der Waals surface area contributed by atoms with E-state index in [0.717, 1.165) is 0 Å². The summed E-state index contributed by atoms with van der Waals surface area (Å²) >= 11 is 0. The Hall–Kier alpha value is -1.47. The minimum atomic E-state index is -0.775. The number of benzene rings is 1. The Morgan fingerprint density at radius 3 is 2.43 bits per heavy atom. The number of hydrogen-bond donors (Lipinski definition) is 3. The second-order valence-corrected chi connectivity index (χ2v) is 4.76. The number of Topliss-reactive ketones (excluding diaryl/α,β-unsaturated/α-hetero) is 1. The van der Waals surface area contributed by atoms with Gasteiger partial charge in [-0.25, -0.2) is 0 Å². The van der Waals surface area contributed by atoms with E-state index < -0.39 is 6.10 Å². The highest BCUT2D eigenvalue weighted by atomic mass is 16.5. The Morgan fingerprint density at radius 1 is 1.24 bits per heavy atom. The van der Waals surface area contributed by atoms with Gasteiger partial charge in [0, 0.05) is 19.6 Å². The largest absolute Gasteiger partial charge is 0.490 e. The number of carbonyl (C=O) groups is 1. The molecule has 1 rings (SSSR count). The molecule has 0 bridgehead atoms. The number of carbonyl (C=O) groups excluding carboxylic acids is 1. The highest BCUT2D eigenvalue weighted by Gasteiger charge is 2.13. The first-order valence-corrected chi connectivity index (χ1v) is 6.93. The van der Waals surface area contributed by atoms with Crippen LogP contribution in [0.3, 0.4) is 0 Å². The Labute approximate surface area is 124 Å². The fourth-order valence-electron chi connectivity index (χ4n) is 2.00. The van der Waals surface area contributed by atoms with Crippen LogP contribution in [0, 0.1) is 0 Å². The molecule has 0 aromatic heterocycles. The quantitative estimate of drug-likeness (QED) is 0.523. The van der Waals surface area contributed by atoms with Gasteiger partial charge in [0.1, 0.15) is 18.5 Å². The Morgan fingerprint density at radius 2 is 1.86 bits per heavy atom. The number of para-hydroxylation sites is 1. The van der Waals surface area contributed by atoms with E-state index in [1.807, 2.05) is 0 Å². The van der Waals surface area contributed by atoms with Gasteiger partial charge in [0.2, 0.25) is 0 Å². The van der Waals surface area contributed by atoms with Crippen molar-refractivity contribution in [2.75, 3.05) is 39.5 Å². The lowest BCUT2D eigenvalue weighted by Gasteiger charge is -2.23. The lowest BCUT2D eigenvalue weighted by Crippen LogP contribution is -2.38. The van der Waals surface area contributed by atoms with Crippen LogP contribution in [-0.4, -0.2) is 71.6 Å². The molecule has 0 spiro atoms. The predicted octanol–water partition coefficient (Wildman–Crippen LogP) is -0.0845. The molecule has 3 N–H and O–H groups in total. The van der Waals surface area contributed by atoms with E-state index in [2.05, 4.69) is 0 Å². The Bertz CT molecular complexity index is 432. The van der Waals surface area contributed by atoms with Crippen LogP contribution < -0.4 is 4.74 Å². The Balaban J connectivity index is 2.52. The van der Waals surface area contributed by atoms with Gasteiger partial charge in [0.15, 0.2) is 5.78 Å². The minimum Gasteiger partial charge on any atom is -0.490 e. The predicted molar refractivity (Wildman–Crippen MR) is 78.6 cm³/mol. The third-order valence-electron chi connectivity index (χ3n) is 3.00. The van der Waals surface area contributed by atoms with Crippen LogP contribution >= 0.6 is 0 Å². The minimum absolute atomic E-state index is 0.0393. The highest BCUT2D eigenvalue weighted by Crippen LogP contribution is 2.18. The van der Waals surface area contributed by atoms with Crippen LogP contribution in [0.1, 0.15) is 17.3 Å². The smallest absolute Gasteiger partial charge is 0.163 e. The standard InChI is InChI=1S/C15H23NO5/c1-12(19)14-4-2-3-5-15(14)21-11-13(20)10-16(6-8-17)7-9-18/h2-5,13,17-18,20H,6-11H2,1H3/t13-/m0/s1. The molecule has 0 aliphatic rings. The molecule has 21 heavy (non-hydrogen) atoms. The number of ketones is 1. The summed E-state index contributed by atoms with van der Waals surface area (Å²) in [6.45, 7) is 2.45. The van der Waals surface area contributed by atoms with Crippen LogP contribution in [0.2, 0.25) is 0 Å². The maximum absolute atomic E-state index is 11.5. The van der Waals surface area contributed by atoms with Gasteiger partial charge in [-0.05, 0) is 19.1 Å². The molecule has 0 saturated heterocycles. The lowest BCUT2D eigenvalue weighted by atomic mass is 10.1. The van der Waals surface area contributed by atoms with Crippen molar-refractivity contribution in [3.63, 3.8) is 0 Å². The van der Waals surface area contributed by atoms with Gasteiger partial charge in [-0.3, -0.25) is 9.69 Å². The summed E-state index contributed by atoms with van der Waals surface area (Å²) in [5.74, 6) is 0.349. The van der Waals surface area contributed by atoms with E-state index in [-0.39, 0.29) is 32.1 Å². The first-order valence-electron chi connectivity index (χ1n) is 6.93. The molecule has 1 aromatic carbocycles. The number of nitrogens with zero attached hydrogens (tertiary/aromatic N) is 1. The molecule has 0 unspecified atom stereocenters. The molecular formula is C15H23NO5. The molecular weight excluding hydrogens is 274 g/mol. The normalized spacial score (nSPS) is 12.4. The van der Waals surface area contributed by atoms with Crippen molar-refractivity contribution in [2.24, 2.45) is 0 Å². The molecule has 0 saturated carbocycles. The lowest BCUT2D eigenvalue weighted by molar-refractivity contribution is 0.0547. The molecule has 1 atom stereocenters. The van der Waals surface area contributed by atoms with E-state index in [1.54, 1.807) is 29.2 Å². The van der Waals surface area contributed by atoms with Crippen molar-refractivity contribution in [3.8, 4) is 5.75 Å². The molecule has 1 aromatic rings. The summed E-state index contributed by atoms with van der Waals surface area (Å²) in [6, 6.07) is 6.87. The topological polar surface area (TPSA) is 90.2 Å². The molecule has 6 heteroatoms. The van der Waals surface area contributed by atoms with E-state index in [1.165, 1.54) is 6.92 Å². The van der Waals surface area contributed by atoms with Crippen molar-refractivity contribution in [1.82, 2.24) is 4.90 Å². The van der Waals surface area contributed by atoms with E-state index >= 15 is 0 Å². The molecule has 0 aliphatic heterocycles. The van der Waals surface area contributed by atoms with Crippen molar-refractivity contribution in [2.45, 2.75) is 13.0 Å². The van der Waals surface area contributed by atoms with E-state index in [9.17, 15) is 9.90 Å². The molecule has 0 aliphatic carbocycles. The third kappa shape index (κ3) is 6.22. The van der Waals surface area contributed by atoms with Gasteiger partial charge in [0.05, 0.1) is 18.8 Å². The molecule has 0 radical (unpaired) electrons. The van der Waals surface area contributed by atoms with Crippen molar-refractivity contribution >= 4 is 5.78 Å². The van der Waals surface area contributed by atoms with Crippen molar-refractivity contribution < 1.29 is 24.9 Å². The number of aliphatic hydroxyl groups excluding tert-OH is 3. The van der Waals surface area contributed by atoms with Crippen LogP contribution in [0.25, 0.3) is 0 Å². The van der Waals surface area contributed by atoms with Crippen LogP contribution in [0.4, 0.5) is 0 Å². The summed E-state index contributed by atoms with van der Waals surface area (Å²) in [6.07, 6.45) is -0.775. The average molecular weight is 297 g/mol. The second-order valence-electron chi connectivity index (χ2n) is 4.76. The summed E-state index contributed by atoms with van der Waals surface area (Å²) in [7, 11) is 0. The van der Waals surface area contributed by atoms with Crippen molar-refractivity contribution in [1.29, 1.82) is 0 Å². The van der Waals surface area contributed by atoms with Crippen LogP contribution in [0.15, 0.2) is 24.3 Å². The number of aliphatic hydroxyl groups is 3. The van der Waals surface area contributed by atoms with Gasteiger partial charge >= 0.3 is 0 Å². The third-order valence-corrected chi connectivity index (χ3v) is 3.00. The van der Waals surface area contributed by atoms with Gasteiger partial charge < -0.3 is 20.1 Å². The molecule has 0 amide bonds. The first kappa shape index (κ1) is 17.6. The highest BCUT2D eigenvalue weighted by molar-refractivity contribution is 5.96. The fraction of sp³-hybridized carbons (Fsp3) is 0.533. The summed E-state index contributed by atoms with van der Waals surface area (Å²) in [5.41, 5.74) is 0.479. The zero-order valence-electron chi connectivity index (χ0n) is 12.2. The maximum Gasteiger partial charge on any atom is 0.163 e. The molecule has 0 fully saturated rings. The summed E-state index contributed by atoms with van der Waals surface area (Å²) < 4.78 is 5.49. The van der Waals surface area contributed by atoms with Gasteiger partial charge in [0.25, 0.3) is 0 Å². The first-order chi connectivity index (χ1) is 10.1. The zero-order valence-corrected chi connectivity index (χ0v) is 12.2.